The third-order valence-corrected chi connectivity index (χ3v) is 3.92. The van der Waals surface area contributed by atoms with Gasteiger partial charge in [-0.15, -0.1) is 0 Å². The van der Waals surface area contributed by atoms with Crippen LogP contribution in [0.4, 0.5) is 5.69 Å². The van der Waals surface area contributed by atoms with Crippen molar-refractivity contribution in [3.8, 4) is 0 Å². The number of carbonyl (C=O) groups is 2. The molecule has 1 fully saturated rings. The van der Waals surface area contributed by atoms with Crippen LogP contribution in [-0.4, -0.2) is 48.3 Å². The van der Waals surface area contributed by atoms with E-state index in [-0.39, 0.29) is 18.4 Å². The summed E-state index contributed by atoms with van der Waals surface area (Å²) in [5.74, 6) is 0.0216. The van der Waals surface area contributed by atoms with Gasteiger partial charge in [-0.2, -0.15) is 0 Å². The molecule has 1 aliphatic rings. The van der Waals surface area contributed by atoms with E-state index in [4.69, 9.17) is 5.73 Å². The normalized spacial score (nSPS) is 14.2. The Bertz CT molecular complexity index is 510. The van der Waals surface area contributed by atoms with Gasteiger partial charge in [0.1, 0.15) is 0 Å². The number of nitrogens with two attached hydrogens (primary N) is 1. The number of amides is 2. The molecule has 2 rings (SSSR count). The summed E-state index contributed by atoms with van der Waals surface area (Å²) < 4.78 is 0. The Labute approximate surface area is 125 Å². The van der Waals surface area contributed by atoms with Gasteiger partial charge in [-0.3, -0.25) is 9.59 Å². The third-order valence-electron chi connectivity index (χ3n) is 3.92. The van der Waals surface area contributed by atoms with Crippen LogP contribution in [0, 0.1) is 0 Å². The summed E-state index contributed by atoms with van der Waals surface area (Å²) in [6.07, 6.45) is 3.11. The van der Waals surface area contributed by atoms with Crippen molar-refractivity contribution in [2.45, 2.75) is 25.7 Å². The molecule has 0 aromatic heterocycles. The monoisotopic (exact) mass is 289 g/mol. The number of hydrogen-bond acceptors (Lipinski definition) is 3. The Morgan fingerprint density at radius 3 is 2.57 bits per heavy atom. The Hall–Kier alpha value is -2.04. The molecular weight excluding hydrogens is 266 g/mol. The summed E-state index contributed by atoms with van der Waals surface area (Å²) in [6, 6.07) is 7.55. The van der Waals surface area contributed by atoms with Crippen LogP contribution in [-0.2, 0) is 16.0 Å². The van der Waals surface area contributed by atoms with Gasteiger partial charge in [0.25, 0.3) is 0 Å². The first kappa shape index (κ1) is 15.4. The van der Waals surface area contributed by atoms with Crippen LogP contribution in [0.25, 0.3) is 0 Å². The number of nitrogens with zero attached hydrogens (tertiary/aromatic N) is 2. The van der Waals surface area contributed by atoms with Crippen molar-refractivity contribution in [1.82, 2.24) is 9.80 Å². The van der Waals surface area contributed by atoms with Crippen LogP contribution in [0.5, 0.6) is 0 Å². The minimum atomic E-state index is -0.0224. The first-order valence-corrected chi connectivity index (χ1v) is 7.43. The molecular formula is C16H23N3O2. The highest BCUT2D eigenvalue weighted by molar-refractivity contribution is 5.85. The maximum atomic E-state index is 12.1. The summed E-state index contributed by atoms with van der Waals surface area (Å²) in [6.45, 7) is 1.81. The van der Waals surface area contributed by atoms with Gasteiger partial charge in [-0.1, -0.05) is 18.2 Å². The van der Waals surface area contributed by atoms with Crippen molar-refractivity contribution in [1.29, 1.82) is 0 Å². The molecule has 1 saturated heterocycles. The Morgan fingerprint density at radius 2 is 1.90 bits per heavy atom. The summed E-state index contributed by atoms with van der Waals surface area (Å²) in [5, 5.41) is 0. The molecule has 0 atom stereocenters. The van der Waals surface area contributed by atoms with Gasteiger partial charge in [-0.25, -0.2) is 0 Å². The molecule has 1 aromatic carbocycles. The first-order valence-electron chi connectivity index (χ1n) is 7.43. The van der Waals surface area contributed by atoms with Crippen LogP contribution >= 0.6 is 0 Å². The minimum Gasteiger partial charge on any atom is -0.399 e. The van der Waals surface area contributed by atoms with Gasteiger partial charge in [0, 0.05) is 32.2 Å². The smallest absolute Gasteiger partial charge is 0.242 e. The van der Waals surface area contributed by atoms with Crippen LogP contribution in [0.3, 0.4) is 0 Å². The van der Waals surface area contributed by atoms with Crippen LogP contribution in [0.1, 0.15) is 24.8 Å². The van der Waals surface area contributed by atoms with Gasteiger partial charge in [0.15, 0.2) is 0 Å². The summed E-state index contributed by atoms with van der Waals surface area (Å²) in [7, 11) is 1.69. The zero-order chi connectivity index (χ0) is 15.2. The molecule has 21 heavy (non-hydrogen) atoms. The number of para-hydroxylation sites is 1. The van der Waals surface area contributed by atoms with Crippen molar-refractivity contribution >= 4 is 17.5 Å². The van der Waals surface area contributed by atoms with E-state index in [0.717, 1.165) is 31.5 Å². The highest BCUT2D eigenvalue weighted by Crippen LogP contribution is 2.13. The third kappa shape index (κ3) is 4.21. The SMILES string of the molecule is CN(CC(=O)N1CCCC1)C(=O)CCc1ccccc1N. The fourth-order valence-corrected chi connectivity index (χ4v) is 2.55. The molecule has 2 amide bonds. The molecule has 0 saturated carbocycles. The lowest BCUT2D eigenvalue weighted by Gasteiger charge is -2.21. The highest BCUT2D eigenvalue weighted by Gasteiger charge is 2.20. The van der Waals surface area contributed by atoms with Gasteiger partial charge < -0.3 is 15.5 Å². The Balaban J connectivity index is 1.79. The Kier molecular flexibility index (Phi) is 5.20. The summed E-state index contributed by atoms with van der Waals surface area (Å²) >= 11 is 0. The first-order chi connectivity index (χ1) is 10.1. The van der Waals surface area contributed by atoms with Gasteiger partial charge in [0.2, 0.25) is 11.8 Å². The number of hydrogen-bond donors (Lipinski definition) is 1. The number of likely N-dealkylation sites (N-methyl/N-ethyl adjacent to an activating group) is 1. The molecule has 1 aromatic rings. The molecule has 5 heteroatoms. The number of rotatable bonds is 5. The van der Waals surface area contributed by atoms with E-state index in [1.807, 2.05) is 29.2 Å². The number of carbonyl (C=O) groups excluding carboxylic acids is 2. The fourth-order valence-electron chi connectivity index (χ4n) is 2.55. The topological polar surface area (TPSA) is 66.6 Å². The standard InChI is InChI=1S/C16H23N3O2/c1-18(12-16(21)19-10-4-5-11-19)15(20)9-8-13-6-2-3-7-14(13)17/h2-3,6-7H,4-5,8-12,17H2,1H3. The maximum absolute atomic E-state index is 12.1. The minimum absolute atomic E-state index is 0.0224. The fraction of sp³-hybridized carbons (Fsp3) is 0.500. The second-order valence-corrected chi connectivity index (χ2v) is 5.54. The second-order valence-electron chi connectivity index (χ2n) is 5.54. The summed E-state index contributed by atoms with van der Waals surface area (Å²) in [4.78, 5) is 27.4. The van der Waals surface area contributed by atoms with Gasteiger partial charge in [0.05, 0.1) is 6.54 Å². The van der Waals surface area contributed by atoms with Crippen LogP contribution in [0.2, 0.25) is 0 Å². The molecule has 0 spiro atoms. The predicted octanol–water partition coefficient (Wildman–Crippen LogP) is 1.28. The van der Waals surface area contributed by atoms with Crippen LogP contribution in [0.15, 0.2) is 24.3 Å². The number of anilines is 1. The molecule has 2 N–H and O–H groups in total. The van der Waals surface area contributed by atoms with Crippen molar-refractivity contribution in [3.63, 3.8) is 0 Å². The average Bonchev–Trinajstić information content (AvgIpc) is 3.00. The molecule has 5 nitrogen and oxygen atoms in total. The van der Waals surface area contributed by atoms with Crippen molar-refractivity contribution in [2.24, 2.45) is 0 Å². The average molecular weight is 289 g/mol. The largest absolute Gasteiger partial charge is 0.399 e. The zero-order valence-corrected chi connectivity index (χ0v) is 12.5. The molecule has 0 bridgehead atoms. The lowest BCUT2D eigenvalue weighted by molar-refractivity contribution is -0.138. The number of nitrogen functional groups attached to an aromatic ring is 1. The van der Waals surface area contributed by atoms with E-state index in [0.29, 0.717) is 18.5 Å². The van der Waals surface area contributed by atoms with Crippen LogP contribution < -0.4 is 5.73 Å². The Morgan fingerprint density at radius 1 is 1.24 bits per heavy atom. The molecule has 1 heterocycles. The van der Waals surface area contributed by atoms with E-state index < -0.39 is 0 Å². The highest BCUT2D eigenvalue weighted by atomic mass is 16.2. The maximum Gasteiger partial charge on any atom is 0.242 e. The van der Waals surface area contributed by atoms with E-state index in [1.54, 1.807) is 7.05 Å². The lowest BCUT2D eigenvalue weighted by atomic mass is 10.1. The van der Waals surface area contributed by atoms with E-state index in [9.17, 15) is 9.59 Å². The molecule has 0 radical (unpaired) electrons. The van der Waals surface area contributed by atoms with Crippen molar-refractivity contribution in [3.05, 3.63) is 29.8 Å². The molecule has 0 unspecified atom stereocenters. The quantitative estimate of drug-likeness (QED) is 0.830. The molecule has 1 aliphatic heterocycles. The molecule has 0 aliphatic carbocycles. The van der Waals surface area contributed by atoms with Gasteiger partial charge in [-0.05, 0) is 30.9 Å². The van der Waals surface area contributed by atoms with Crippen molar-refractivity contribution < 1.29 is 9.59 Å². The number of likely N-dealkylation sites (tertiary alicyclic amines) is 1. The number of aryl methyl sites for hydroxylation is 1. The summed E-state index contributed by atoms with van der Waals surface area (Å²) in [5.41, 5.74) is 7.55. The van der Waals surface area contributed by atoms with E-state index in [1.165, 1.54) is 4.90 Å². The zero-order valence-electron chi connectivity index (χ0n) is 12.5. The second kappa shape index (κ2) is 7.11. The number of benzene rings is 1. The van der Waals surface area contributed by atoms with E-state index >= 15 is 0 Å². The molecule has 114 valence electrons. The lowest BCUT2D eigenvalue weighted by Crippen LogP contribution is -2.39. The predicted molar refractivity (Wildman–Crippen MR) is 82.6 cm³/mol. The van der Waals surface area contributed by atoms with Gasteiger partial charge >= 0.3 is 0 Å². The van der Waals surface area contributed by atoms with Crippen molar-refractivity contribution in [2.75, 3.05) is 32.4 Å². The van der Waals surface area contributed by atoms with E-state index in [2.05, 4.69) is 0 Å².